The molecule has 138 valence electrons. The first kappa shape index (κ1) is 16.5. The summed E-state index contributed by atoms with van der Waals surface area (Å²) in [5, 5.41) is 2.81. The van der Waals surface area contributed by atoms with Gasteiger partial charge in [0.15, 0.2) is 11.6 Å². The molecule has 0 amide bonds. The summed E-state index contributed by atoms with van der Waals surface area (Å²) < 4.78 is 56.1. The average Bonchev–Trinajstić information content (AvgIpc) is 3.11. The van der Waals surface area contributed by atoms with Gasteiger partial charge in [-0.1, -0.05) is 6.07 Å². The van der Waals surface area contributed by atoms with E-state index in [0.717, 1.165) is 6.07 Å². The smallest absolute Gasteiger partial charge is 0.421 e. The van der Waals surface area contributed by atoms with E-state index in [1.54, 1.807) is 0 Å². The predicted molar refractivity (Wildman–Crippen MR) is 79.5 cm³/mol. The molecule has 3 aliphatic heterocycles. The zero-order valence-electron chi connectivity index (χ0n) is 13.3. The number of alkyl halides is 3. The Kier molecular flexibility index (Phi) is 3.33. The molecule has 4 rings (SSSR count). The molecule has 2 unspecified atom stereocenters. The third-order valence-corrected chi connectivity index (χ3v) is 4.24. The minimum Gasteiger partial charge on any atom is -0.438 e. The van der Waals surface area contributed by atoms with Gasteiger partial charge in [0.05, 0.1) is 17.8 Å². The molecule has 0 saturated carbocycles. The number of nitrogens with zero attached hydrogens (tertiary/aromatic N) is 2. The van der Waals surface area contributed by atoms with Crippen molar-refractivity contribution in [3.63, 3.8) is 0 Å². The van der Waals surface area contributed by atoms with Gasteiger partial charge in [-0.2, -0.15) is 13.2 Å². The van der Waals surface area contributed by atoms with E-state index in [0.29, 0.717) is 13.1 Å². The highest BCUT2D eigenvalue weighted by molar-refractivity contribution is 6.31. The minimum absolute atomic E-state index is 0.0159. The predicted octanol–water partition coefficient (Wildman–Crippen LogP) is 0.658. The van der Waals surface area contributed by atoms with Crippen molar-refractivity contribution in [2.24, 2.45) is 4.99 Å². The summed E-state index contributed by atoms with van der Waals surface area (Å²) in [7, 11) is 1.41. The third kappa shape index (κ3) is 2.19. The zero-order chi connectivity index (χ0) is 18.7. The van der Waals surface area contributed by atoms with Crippen molar-refractivity contribution in [3.05, 3.63) is 23.8 Å². The summed E-state index contributed by atoms with van der Waals surface area (Å²) in [6.07, 6.45) is -6.05. The number of ether oxygens (including phenoxy) is 3. The molecule has 1 N–H and O–H groups in total. The average molecular weight is 371 g/mol. The van der Waals surface area contributed by atoms with Crippen LogP contribution in [0.3, 0.4) is 0 Å². The van der Waals surface area contributed by atoms with Gasteiger partial charge in [-0.05, 0) is 12.1 Å². The fourth-order valence-corrected chi connectivity index (χ4v) is 3.12. The molecular weight excluding hydrogens is 359 g/mol. The van der Waals surface area contributed by atoms with Gasteiger partial charge >= 0.3 is 23.9 Å². The van der Waals surface area contributed by atoms with Gasteiger partial charge in [0.1, 0.15) is 0 Å². The fourth-order valence-electron chi connectivity index (χ4n) is 3.12. The van der Waals surface area contributed by atoms with Gasteiger partial charge in [-0.3, -0.25) is 4.99 Å². The number of benzene rings is 1. The van der Waals surface area contributed by atoms with Crippen molar-refractivity contribution in [1.29, 1.82) is 0 Å². The minimum atomic E-state index is -4.71. The van der Waals surface area contributed by atoms with Crippen LogP contribution in [0.2, 0.25) is 0 Å². The number of aliphatic imine (C=N–C) groups is 1. The van der Waals surface area contributed by atoms with Gasteiger partial charge in [0.25, 0.3) is 6.23 Å². The maximum Gasteiger partial charge on any atom is 0.421 e. The molecule has 26 heavy (non-hydrogen) atoms. The van der Waals surface area contributed by atoms with E-state index < -0.39 is 41.4 Å². The van der Waals surface area contributed by atoms with E-state index in [1.165, 1.54) is 24.1 Å². The second-order valence-electron chi connectivity index (χ2n) is 5.84. The number of nitrogens with one attached hydrogen (secondary N) is 1. The van der Waals surface area contributed by atoms with E-state index in [-0.39, 0.29) is 11.5 Å². The van der Waals surface area contributed by atoms with Gasteiger partial charge in [0, 0.05) is 13.6 Å². The van der Waals surface area contributed by atoms with Gasteiger partial charge in [-0.15, -0.1) is 0 Å². The number of rotatable bonds is 1. The van der Waals surface area contributed by atoms with E-state index >= 15 is 0 Å². The van der Waals surface area contributed by atoms with Crippen LogP contribution in [-0.2, 0) is 25.2 Å². The number of fused-ring (bicyclic) bond motifs is 2. The lowest BCUT2D eigenvalue weighted by molar-refractivity contribution is -0.241. The lowest BCUT2D eigenvalue weighted by atomic mass is 10.0. The summed E-state index contributed by atoms with van der Waals surface area (Å²) in [6, 6.07) is 3.43. The summed E-state index contributed by atoms with van der Waals surface area (Å²) in [5.41, 5.74) is -1.02. The molecule has 1 fully saturated rings. The molecule has 11 heteroatoms. The maximum atomic E-state index is 13.4. The molecule has 1 saturated heterocycles. The number of hydrogen-bond donors (Lipinski definition) is 1. The summed E-state index contributed by atoms with van der Waals surface area (Å²) in [4.78, 5) is 28.8. The van der Waals surface area contributed by atoms with Crippen LogP contribution < -0.4 is 15.0 Å². The second kappa shape index (κ2) is 5.26. The molecule has 1 aromatic carbocycles. The van der Waals surface area contributed by atoms with Crippen molar-refractivity contribution in [2.45, 2.75) is 18.2 Å². The summed E-state index contributed by atoms with van der Waals surface area (Å²) in [6.45, 7) is 0.673. The van der Waals surface area contributed by atoms with Crippen LogP contribution >= 0.6 is 0 Å². The summed E-state index contributed by atoms with van der Waals surface area (Å²) >= 11 is 0. The van der Waals surface area contributed by atoms with Crippen LogP contribution in [0.15, 0.2) is 23.2 Å². The van der Waals surface area contributed by atoms with Crippen molar-refractivity contribution in [2.75, 3.05) is 25.0 Å². The maximum absolute atomic E-state index is 13.4. The van der Waals surface area contributed by atoms with E-state index in [9.17, 15) is 22.8 Å². The standard InChI is InChI=1S/C15H12F3N3O5/c1-21-8-4-2-3-7(15(16,17)18)9(8)25-14(12-19-5-6-20-12)13(21)24-10(22)11(23)26-14/h2-4,13H,5-6H2,1H3,(H,19,20). The number of carbonyl (C=O) groups excluding carboxylic acids is 2. The van der Waals surface area contributed by atoms with Gasteiger partial charge < -0.3 is 24.4 Å². The van der Waals surface area contributed by atoms with Crippen molar-refractivity contribution in [1.82, 2.24) is 5.32 Å². The Hall–Kier alpha value is -2.98. The lowest BCUT2D eigenvalue weighted by Gasteiger charge is -2.48. The topological polar surface area (TPSA) is 89.5 Å². The Labute approximate surface area is 144 Å². The Morgan fingerprint density at radius 1 is 1.27 bits per heavy atom. The molecule has 3 heterocycles. The third-order valence-electron chi connectivity index (χ3n) is 4.24. The van der Waals surface area contributed by atoms with Gasteiger partial charge in [0.2, 0.25) is 0 Å². The Morgan fingerprint density at radius 3 is 2.69 bits per heavy atom. The number of halogens is 3. The number of para-hydroxylation sites is 1. The second-order valence-corrected chi connectivity index (χ2v) is 5.84. The molecule has 0 aromatic heterocycles. The van der Waals surface area contributed by atoms with Crippen LogP contribution in [0.4, 0.5) is 18.9 Å². The largest absolute Gasteiger partial charge is 0.438 e. The molecule has 1 aromatic rings. The fraction of sp³-hybridized carbons (Fsp3) is 0.400. The Balaban J connectivity index is 1.92. The van der Waals surface area contributed by atoms with Crippen molar-refractivity contribution >= 4 is 23.5 Å². The van der Waals surface area contributed by atoms with E-state index in [1.807, 2.05) is 0 Å². The lowest BCUT2D eigenvalue weighted by Crippen LogP contribution is -2.71. The molecule has 3 aliphatic rings. The van der Waals surface area contributed by atoms with Gasteiger partial charge in [-0.25, -0.2) is 9.59 Å². The highest BCUT2D eigenvalue weighted by atomic mass is 19.4. The van der Waals surface area contributed by atoms with E-state index in [4.69, 9.17) is 14.2 Å². The van der Waals surface area contributed by atoms with E-state index in [2.05, 4.69) is 10.3 Å². The monoisotopic (exact) mass is 371 g/mol. The molecule has 0 aliphatic carbocycles. The Morgan fingerprint density at radius 2 is 2.04 bits per heavy atom. The quantitative estimate of drug-likeness (QED) is 0.573. The van der Waals surface area contributed by atoms with Crippen LogP contribution in [0, 0.1) is 0 Å². The first-order chi connectivity index (χ1) is 12.2. The first-order valence-corrected chi connectivity index (χ1v) is 7.59. The highest BCUT2D eigenvalue weighted by Gasteiger charge is 2.63. The summed E-state index contributed by atoms with van der Waals surface area (Å²) in [5.74, 6) is -5.35. The number of carbonyl (C=O) groups is 2. The number of likely N-dealkylation sites (N-methyl/N-ethyl adjacent to an activating group) is 1. The number of esters is 2. The SMILES string of the molecule is CN1c2cccc(C(F)(F)F)c2OC2(C3=NCCN3)OC(=O)C(=O)OC12. The van der Waals surface area contributed by atoms with Crippen LogP contribution in [0.25, 0.3) is 0 Å². The molecule has 8 nitrogen and oxygen atoms in total. The normalized spacial score (nSPS) is 27.5. The molecule has 2 atom stereocenters. The number of hydrogen-bond acceptors (Lipinski definition) is 8. The van der Waals surface area contributed by atoms with Crippen LogP contribution in [-0.4, -0.2) is 49.9 Å². The van der Waals surface area contributed by atoms with Crippen LogP contribution in [0.1, 0.15) is 5.56 Å². The van der Waals surface area contributed by atoms with Crippen molar-refractivity contribution in [3.8, 4) is 5.75 Å². The molecule has 0 bridgehead atoms. The number of amidine groups is 1. The molecule has 0 spiro atoms. The highest BCUT2D eigenvalue weighted by Crippen LogP contribution is 2.49. The molecule has 0 radical (unpaired) electrons. The zero-order valence-corrected chi connectivity index (χ0v) is 13.3. The first-order valence-electron chi connectivity index (χ1n) is 7.59. The molecular formula is C15H12F3N3O5. The van der Waals surface area contributed by atoms with Crippen LogP contribution in [0.5, 0.6) is 5.75 Å². The number of anilines is 1. The Bertz CT molecular complexity index is 840. The van der Waals surface area contributed by atoms with Crippen molar-refractivity contribution < 1.29 is 37.0 Å².